The maximum Gasteiger partial charge on any atom is 0.233 e. The van der Waals surface area contributed by atoms with Gasteiger partial charge in [-0.25, -0.2) is 4.98 Å². The molecule has 3 heterocycles. The standard InChI is InChI=1S/C18H20N2O3S2/c1-12-7-24-17(19-12)25-8-16(22)20-6-14-13-4-2-3-5-15(13)23-11-18(14,9-20)10-21/h2-5,7,14,21H,6,8-11H2,1H3/t14-,18-/m1/s1. The van der Waals surface area contributed by atoms with Gasteiger partial charge in [0.15, 0.2) is 4.34 Å². The molecule has 0 aliphatic carbocycles. The van der Waals surface area contributed by atoms with E-state index in [9.17, 15) is 9.90 Å². The van der Waals surface area contributed by atoms with Gasteiger partial charge in [-0.05, 0) is 18.6 Å². The van der Waals surface area contributed by atoms with Gasteiger partial charge < -0.3 is 14.7 Å². The van der Waals surface area contributed by atoms with E-state index in [1.807, 2.05) is 41.5 Å². The van der Waals surface area contributed by atoms with Crippen molar-refractivity contribution in [2.24, 2.45) is 5.41 Å². The molecule has 0 bridgehead atoms. The molecule has 1 saturated heterocycles. The lowest BCUT2D eigenvalue weighted by Gasteiger charge is -2.37. The van der Waals surface area contributed by atoms with Gasteiger partial charge in [-0.15, -0.1) is 11.3 Å². The smallest absolute Gasteiger partial charge is 0.233 e. The first-order valence-corrected chi connectivity index (χ1v) is 10.1. The third-order valence-electron chi connectivity index (χ3n) is 5.04. The first kappa shape index (κ1) is 16.9. The monoisotopic (exact) mass is 376 g/mol. The van der Waals surface area contributed by atoms with Gasteiger partial charge in [0.2, 0.25) is 5.91 Å². The Hall–Kier alpha value is -1.57. The lowest BCUT2D eigenvalue weighted by molar-refractivity contribution is -0.127. The van der Waals surface area contributed by atoms with Crippen molar-refractivity contribution in [3.05, 3.63) is 40.9 Å². The van der Waals surface area contributed by atoms with Gasteiger partial charge in [-0.2, -0.15) is 0 Å². The molecule has 0 unspecified atom stereocenters. The second-order valence-electron chi connectivity index (χ2n) is 6.72. The average molecular weight is 377 g/mol. The van der Waals surface area contributed by atoms with Crippen molar-refractivity contribution in [1.82, 2.24) is 9.88 Å². The Bertz CT molecular complexity index is 794. The van der Waals surface area contributed by atoms with E-state index >= 15 is 0 Å². The molecule has 0 radical (unpaired) electrons. The molecule has 0 spiro atoms. The summed E-state index contributed by atoms with van der Waals surface area (Å²) >= 11 is 3.05. The molecule has 0 saturated carbocycles. The summed E-state index contributed by atoms with van der Waals surface area (Å²) < 4.78 is 6.80. The van der Waals surface area contributed by atoms with E-state index in [1.165, 1.54) is 11.8 Å². The van der Waals surface area contributed by atoms with Gasteiger partial charge in [0, 0.05) is 30.1 Å². The van der Waals surface area contributed by atoms with Crippen LogP contribution in [0.15, 0.2) is 34.0 Å². The summed E-state index contributed by atoms with van der Waals surface area (Å²) in [5, 5.41) is 12.0. The summed E-state index contributed by atoms with van der Waals surface area (Å²) in [6.45, 7) is 3.61. The normalized spacial score (nSPS) is 24.6. The number of aromatic nitrogens is 1. The number of aliphatic hydroxyl groups is 1. The minimum absolute atomic E-state index is 0.0224. The summed E-state index contributed by atoms with van der Waals surface area (Å²) in [5.74, 6) is 1.47. The van der Waals surface area contributed by atoms with Gasteiger partial charge >= 0.3 is 0 Å². The Morgan fingerprint density at radius 1 is 1.52 bits per heavy atom. The quantitative estimate of drug-likeness (QED) is 0.831. The molecule has 4 rings (SSSR count). The van der Waals surface area contributed by atoms with E-state index in [-0.39, 0.29) is 18.4 Å². The van der Waals surface area contributed by atoms with Gasteiger partial charge in [0.25, 0.3) is 0 Å². The van der Waals surface area contributed by atoms with Crippen molar-refractivity contribution in [1.29, 1.82) is 0 Å². The molecule has 1 amide bonds. The third-order valence-corrected chi connectivity index (χ3v) is 7.17. The molecule has 2 aliphatic heterocycles. The maximum absolute atomic E-state index is 12.7. The van der Waals surface area contributed by atoms with E-state index in [2.05, 4.69) is 4.98 Å². The predicted octanol–water partition coefficient (Wildman–Crippen LogP) is 2.54. The number of ether oxygens (including phenoxy) is 1. The van der Waals surface area contributed by atoms with Crippen molar-refractivity contribution >= 4 is 29.0 Å². The van der Waals surface area contributed by atoms with Crippen molar-refractivity contribution in [2.75, 3.05) is 32.1 Å². The number of hydrogen-bond acceptors (Lipinski definition) is 6. The highest BCUT2D eigenvalue weighted by Gasteiger charge is 2.51. The van der Waals surface area contributed by atoms with Gasteiger partial charge in [0.1, 0.15) is 5.75 Å². The lowest BCUT2D eigenvalue weighted by Crippen LogP contribution is -2.42. The van der Waals surface area contributed by atoms with Crippen LogP contribution in [-0.2, 0) is 4.79 Å². The summed E-state index contributed by atoms with van der Waals surface area (Å²) in [6.07, 6.45) is 0. The fourth-order valence-corrected chi connectivity index (χ4v) is 5.43. The van der Waals surface area contributed by atoms with E-state index in [0.29, 0.717) is 25.4 Å². The van der Waals surface area contributed by atoms with Crippen LogP contribution in [-0.4, -0.2) is 53.0 Å². The number of rotatable bonds is 4. The van der Waals surface area contributed by atoms with Crippen LogP contribution in [0.1, 0.15) is 17.2 Å². The fraction of sp³-hybridized carbons (Fsp3) is 0.444. The molecule has 5 nitrogen and oxygen atoms in total. The zero-order chi connectivity index (χ0) is 17.4. The van der Waals surface area contributed by atoms with Gasteiger partial charge in [-0.3, -0.25) is 4.79 Å². The number of nitrogens with zero attached hydrogens (tertiary/aromatic N) is 2. The number of benzene rings is 1. The maximum atomic E-state index is 12.7. The molecule has 7 heteroatoms. The first-order valence-electron chi connectivity index (χ1n) is 8.26. The highest BCUT2D eigenvalue weighted by atomic mass is 32.2. The van der Waals surface area contributed by atoms with Crippen LogP contribution in [0.4, 0.5) is 0 Å². The highest BCUT2D eigenvalue weighted by Crippen LogP contribution is 2.49. The number of amides is 1. The van der Waals surface area contributed by atoms with Crippen LogP contribution >= 0.6 is 23.1 Å². The van der Waals surface area contributed by atoms with Gasteiger partial charge in [-0.1, -0.05) is 30.0 Å². The Kier molecular flexibility index (Phi) is 4.47. The number of carbonyl (C=O) groups is 1. The first-order chi connectivity index (χ1) is 12.1. The second-order valence-corrected chi connectivity index (χ2v) is 8.80. The Balaban J connectivity index is 1.49. The van der Waals surface area contributed by atoms with Crippen molar-refractivity contribution in [2.45, 2.75) is 17.2 Å². The number of hydrogen-bond donors (Lipinski definition) is 1. The van der Waals surface area contributed by atoms with Crippen molar-refractivity contribution < 1.29 is 14.6 Å². The average Bonchev–Trinajstić information content (AvgIpc) is 3.23. The van der Waals surface area contributed by atoms with Crippen LogP contribution in [0.2, 0.25) is 0 Å². The molecular weight excluding hydrogens is 356 g/mol. The number of carbonyl (C=O) groups excluding carboxylic acids is 1. The predicted molar refractivity (Wildman–Crippen MR) is 98.4 cm³/mol. The molecule has 1 N–H and O–H groups in total. The third kappa shape index (κ3) is 3.05. The molecule has 2 aliphatic rings. The summed E-state index contributed by atoms with van der Waals surface area (Å²) in [7, 11) is 0. The Labute approximate surface area is 155 Å². The number of thiazole rings is 1. The fourth-order valence-electron chi connectivity index (χ4n) is 3.67. The van der Waals surface area contributed by atoms with Crippen LogP contribution in [0.25, 0.3) is 0 Å². The number of aliphatic hydroxyl groups excluding tert-OH is 1. The summed E-state index contributed by atoms with van der Waals surface area (Å²) in [4.78, 5) is 19.0. The number of aryl methyl sites for hydroxylation is 1. The van der Waals surface area contributed by atoms with Crippen molar-refractivity contribution in [3.8, 4) is 5.75 Å². The van der Waals surface area contributed by atoms with E-state index in [4.69, 9.17) is 4.74 Å². The minimum atomic E-state index is -0.396. The number of thioether (sulfide) groups is 1. The zero-order valence-corrected chi connectivity index (χ0v) is 15.6. The number of likely N-dealkylation sites (tertiary alicyclic amines) is 1. The van der Waals surface area contributed by atoms with Crippen LogP contribution in [0, 0.1) is 12.3 Å². The highest BCUT2D eigenvalue weighted by molar-refractivity contribution is 8.01. The molecule has 25 heavy (non-hydrogen) atoms. The number of fused-ring (bicyclic) bond motifs is 3. The molecule has 1 aromatic carbocycles. The van der Waals surface area contributed by atoms with E-state index < -0.39 is 5.41 Å². The lowest BCUT2D eigenvalue weighted by atomic mass is 9.74. The molecule has 1 aromatic heterocycles. The second kappa shape index (κ2) is 6.63. The van der Waals surface area contributed by atoms with Gasteiger partial charge in [0.05, 0.1) is 24.4 Å². The van der Waals surface area contributed by atoms with Crippen LogP contribution in [0.5, 0.6) is 5.75 Å². The summed E-state index contributed by atoms with van der Waals surface area (Å²) in [6, 6.07) is 7.95. The summed E-state index contributed by atoms with van der Waals surface area (Å²) in [5.41, 5.74) is 1.69. The molecular formula is C18H20N2O3S2. The molecule has 1 fully saturated rings. The van der Waals surface area contributed by atoms with Crippen molar-refractivity contribution in [3.63, 3.8) is 0 Å². The van der Waals surface area contributed by atoms with E-state index in [1.54, 1.807) is 11.3 Å². The largest absolute Gasteiger partial charge is 0.493 e. The van der Waals surface area contributed by atoms with E-state index in [0.717, 1.165) is 21.3 Å². The zero-order valence-electron chi connectivity index (χ0n) is 14.0. The van der Waals surface area contributed by atoms with Crippen LogP contribution < -0.4 is 4.74 Å². The Morgan fingerprint density at radius 3 is 3.12 bits per heavy atom. The topological polar surface area (TPSA) is 62.7 Å². The Morgan fingerprint density at radius 2 is 2.36 bits per heavy atom. The SMILES string of the molecule is Cc1csc(SCC(=O)N2C[C@@H]3c4ccccc4OC[C@]3(CO)C2)n1. The van der Waals surface area contributed by atoms with Crippen LogP contribution in [0.3, 0.4) is 0 Å². The minimum Gasteiger partial charge on any atom is -0.493 e. The number of para-hydroxylation sites is 1. The molecule has 2 aromatic rings. The molecule has 2 atom stereocenters. The molecule has 132 valence electrons.